The lowest BCUT2D eigenvalue weighted by molar-refractivity contribution is 0.00597. The number of rotatable bonds is 5. The number of halogens is 1. The van der Waals surface area contributed by atoms with Gasteiger partial charge in [0.15, 0.2) is 11.6 Å². The van der Waals surface area contributed by atoms with Crippen molar-refractivity contribution >= 4 is 5.69 Å². The van der Waals surface area contributed by atoms with Crippen LogP contribution in [-0.4, -0.2) is 25.9 Å². The van der Waals surface area contributed by atoms with E-state index in [1.54, 1.807) is 6.07 Å². The molecule has 1 aliphatic heterocycles. The van der Waals surface area contributed by atoms with Crippen molar-refractivity contribution in [2.75, 3.05) is 19.0 Å². The molecule has 0 saturated carbocycles. The molecule has 3 nitrogen and oxygen atoms in total. The van der Waals surface area contributed by atoms with Gasteiger partial charge < -0.3 is 14.8 Å². The Labute approximate surface area is 114 Å². The molecule has 1 heterocycles. The first-order valence-electron chi connectivity index (χ1n) is 6.94. The Kier molecular flexibility index (Phi) is 5.02. The third-order valence-electron chi connectivity index (χ3n) is 3.50. The first-order chi connectivity index (χ1) is 9.22. The fraction of sp³-hybridized carbons (Fsp3) is 0.600. The number of anilines is 1. The number of hydrogen-bond donors (Lipinski definition) is 1. The molecule has 1 saturated heterocycles. The molecule has 1 aromatic carbocycles. The van der Waals surface area contributed by atoms with E-state index in [0.717, 1.165) is 38.0 Å². The monoisotopic (exact) mass is 267 g/mol. The first-order valence-corrected chi connectivity index (χ1v) is 6.94. The van der Waals surface area contributed by atoms with E-state index in [1.165, 1.54) is 13.2 Å². The average Bonchev–Trinajstić information content (AvgIpc) is 2.40. The summed E-state index contributed by atoms with van der Waals surface area (Å²) in [5, 5.41) is 3.39. The van der Waals surface area contributed by atoms with Crippen LogP contribution in [0.1, 0.15) is 32.6 Å². The Morgan fingerprint density at radius 1 is 1.47 bits per heavy atom. The largest absolute Gasteiger partial charge is 0.494 e. The highest BCUT2D eigenvalue weighted by molar-refractivity contribution is 5.48. The van der Waals surface area contributed by atoms with E-state index in [1.807, 2.05) is 6.07 Å². The number of benzene rings is 1. The highest BCUT2D eigenvalue weighted by atomic mass is 19.1. The van der Waals surface area contributed by atoms with Crippen molar-refractivity contribution in [2.45, 2.75) is 44.8 Å². The average molecular weight is 267 g/mol. The van der Waals surface area contributed by atoms with Gasteiger partial charge in [-0.25, -0.2) is 4.39 Å². The minimum atomic E-state index is -0.329. The molecule has 2 atom stereocenters. The summed E-state index contributed by atoms with van der Waals surface area (Å²) in [4.78, 5) is 0. The van der Waals surface area contributed by atoms with Gasteiger partial charge in [0.05, 0.1) is 13.2 Å². The second kappa shape index (κ2) is 6.75. The molecule has 1 fully saturated rings. The molecule has 0 radical (unpaired) electrons. The van der Waals surface area contributed by atoms with Crippen LogP contribution in [0.15, 0.2) is 18.2 Å². The smallest absolute Gasteiger partial charge is 0.167 e. The fourth-order valence-corrected chi connectivity index (χ4v) is 2.53. The van der Waals surface area contributed by atoms with Crippen LogP contribution < -0.4 is 10.1 Å². The van der Waals surface area contributed by atoms with Crippen LogP contribution >= 0.6 is 0 Å². The number of ether oxygens (including phenoxy) is 2. The van der Waals surface area contributed by atoms with Gasteiger partial charge in [-0.05, 0) is 31.4 Å². The van der Waals surface area contributed by atoms with Gasteiger partial charge in [0.2, 0.25) is 0 Å². The summed E-state index contributed by atoms with van der Waals surface area (Å²) in [5.74, 6) is -0.0499. The molecule has 0 aliphatic carbocycles. The van der Waals surface area contributed by atoms with Crippen molar-refractivity contribution in [2.24, 2.45) is 0 Å². The van der Waals surface area contributed by atoms with Crippen LogP contribution in [0.5, 0.6) is 5.75 Å². The third kappa shape index (κ3) is 3.83. The number of nitrogens with one attached hydrogen (secondary N) is 1. The number of hydrogen-bond acceptors (Lipinski definition) is 3. The molecule has 1 aliphatic rings. The highest BCUT2D eigenvalue weighted by Crippen LogP contribution is 2.24. The van der Waals surface area contributed by atoms with Crippen molar-refractivity contribution in [3.8, 4) is 5.75 Å². The highest BCUT2D eigenvalue weighted by Gasteiger charge is 2.21. The molecule has 2 rings (SSSR count). The zero-order valence-corrected chi connectivity index (χ0v) is 11.6. The predicted octanol–water partition coefficient (Wildman–Crippen LogP) is 3.59. The van der Waals surface area contributed by atoms with Gasteiger partial charge in [0.25, 0.3) is 0 Å². The second-order valence-corrected chi connectivity index (χ2v) is 5.00. The summed E-state index contributed by atoms with van der Waals surface area (Å²) >= 11 is 0. The maximum Gasteiger partial charge on any atom is 0.167 e. The standard InChI is InChI=1S/C15H22FNO2/c1-3-4-13-9-12(7-8-19-13)17-11-5-6-15(18-2)14(16)10-11/h5-6,10,12-13,17H,3-4,7-9H2,1-2H3. The molecule has 0 aromatic heterocycles. The molecule has 0 spiro atoms. The van der Waals surface area contributed by atoms with Crippen molar-refractivity contribution in [1.29, 1.82) is 0 Å². The van der Waals surface area contributed by atoms with Gasteiger partial charge in [0, 0.05) is 24.4 Å². The van der Waals surface area contributed by atoms with E-state index in [2.05, 4.69) is 12.2 Å². The lowest BCUT2D eigenvalue weighted by Crippen LogP contribution is -2.34. The summed E-state index contributed by atoms with van der Waals surface area (Å²) in [5.41, 5.74) is 0.806. The van der Waals surface area contributed by atoms with Gasteiger partial charge in [0.1, 0.15) is 0 Å². The van der Waals surface area contributed by atoms with Crippen molar-refractivity contribution in [3.63, 3.8) is 0 Å². The van der Waals surface area contributed by atoms with E-state index in [9.17, 15) is 4.39 Å². The summed E-state index contributed by atoms with van der Waals surface area (Å²) in [6.45, 7) is 2.94. The van der Waals surface area contributed by atoms with E-state index in [0.29, 0.717) is 12.1 Å². The predicted molar refractivity (Wildman–Crippen MR) is 74.2 cm³/mol. The maximum absolute atomic E-state index is 13.6. The van der Waals surface area contributed by atoms with Crippen molar-refractivity contribution < 1.29 is 13.9 Å². The van der Waals surface area contributed by atoms with Gasteiger partial charge in [-0.1, -0.05) is 13.3 Å². The molecular formula is C15H22FNO2. The van der Waals surface area contributed by atoms with Crippen molar-refractivity contribution in [3.05, 3.63) is 24.0 Å². The maximum atomic E-state index is 13.6. The van der Waals surface area contributed by atoms with Crippen molar-refractivity contribution in [1.82, 2.24) is 0 Å². The Bertz CT molecular complexity index is 409. The Morgan fingerprint density at radius 3 is 3.00 bits per heavy atom. The third-order valence-corrected chi connectivity index (χ3v) is 3.50. The first kappa shape index (κ1) is 14.1. The van der Waals surface area contributed by atoms with Crippen LogP contribution in [0, 0.1) is 5.82 Å². The zero-order chi connectivity index (χ0) is 13.7. The molecule has 0 amide bonds. The summed E-state index contributed by atoms with van der Waals surface area (Å²) in [6, 6.07) is 5.36. The van der Waals surface area contributed by atoms with Gasteiger partial charge in [-0.3, -0.25) is 0 Å². The van der Waals surface area contributed by atoms with Crippen LogP contribution in [0.2, 0.25) is 0 Å². The molecule has 1 aromatic rings. The SMILES string of the molecule is CCCC1CC(Nc2ccc(OC)c(F)c2)CCO1. The van der Waals surface area contributed by atoms with E-state index < -0.39 is 0 Å². The molecule has 19 heavy (non-hydrogen) atoms. The molecule has 106 valence electrons. The number of methoxy groups -OCH3 is 1. The van der Waals surface area contributed by atoms with Crippen LogP contribution in [0.3, 0.4) is 0 Å². The molecule has 0 bridgehead atoms. The topological polar surface area (TPSA) is 30.5 Å². The second-order valence-electron chi connectivity index (χ2n) is 5.00. The fourth-order valence-electron chi connectivity index (χ4n) is 2.53. The molecule has 4 heteroatoms. The van der Waals surface area contributed by atoms with Gasteiger partial charge in [-0.2, -0.15) is 0 Å². The lowest BCUT2D eigenvalue weighted by Gasteiger charge is -2.30. The van der Waals surface area contributed by atoms with Gasteiger partial charge >= 0.3 is 0 Å². The van der Waals surface area contributed by atoms with E-state index in [4.69, 9.17) is 9.47 Å². The van der Waals surface area contributed by atoms with Crippen LogP contribution in [0.25, 0.3) is 0 Å². The zero-order valence-electron chi connectivity index (χ0n) is 11.6. The summed E-state index contributed by atoms with van der Waals surface area (Å²) in [6.07, 6.45) is 4.51. The van der Waals surface area contributed by atoms with E-state index >= 15 is 0 Å². The van der Waals surface area contributed by atoms with E-state index in [-0.39, 0.29) is 11.6 Å². The van der Waals surface area contributed by atoms with Crippen LogP contribution in [0.4, 0.5) is 10.1 Å². The molecule has 2 unspecified atom stereocenters. The minimum Gasteiger partial charge on any atom is -0.494 e. The van der Waals surface area contributed by atoms with Gasteiger partial charge in [-0.15, -0.1) is 0 Å². The minimum absolute atomic E-state index is 0.279. The summed E-state index contributed by atoms with van der Waals surface area (Å²) < 4.78 is 24.2. The Morgan fingerprint density at radius 2 is 2.32 bits per heavy atom. The molecule has 1 N–H and O–H groups in total. The Balaban J connectivity index is 1.94. The molecular weight excluding hydrogens is 245 g/mol. The van der Waals surface area contributed by atoms with Crippen LogP contribution in [-0.2, 0) is 4.74 Å². The summed E-state index contributed by atoms with van der Waals surface area (Å²) in [7, 11) is 1.47. The lowest BCUT2D eigenvalue weighted by atomic mass is 10.00. The normalized spacial score (nSPS) is 23.1. The quantitative estimate of drug-likeness (QED) is 0.884. The Hall–Kier alpha value is -1.29.